The number of carboxylic acids is 1. The van der Waals surface area contributed by atoms with Crippen LogP contribution in [0.1, 0.15) is 20.3 Å². The standard InChI is InChI=1S/C12H21N2O7P/c1-3-20-22(19,21-4-2)12(18)13-7-10(15)14-6-5-9(8-14)11(16)17/h9H,3-8H2,1-2H3,(H,13,18)(H,16,17). The first kappa shape index (κ1) is 18.6. The number of hydrogen-bond acceptors (Lipinski definition) is 6. The summed E-state index contributed by atoms with van der Waals surface area (Å²) in [6.45, 7) is 3.26. The summed E-state index contributed by atoms with van der Waals surface area (Å²) in [4.78, 5) is 35.9. The maximum absolute atomic E-state index is 12.1. The monoisotopic (exact) mass is 336 g/mol. The Morgan fingerprint density at radius 3 is 2.32 bits per heavy atom. The number of rotatable bonds is 8. The van der Waals surface area contributed by atoms with Crippen molar-refractivity contribution in [1.29, 1.82) is 0 Å². The first-order chi connectivity index (χ1) is 10.3. The third-order valence-electron chi connectivity index (χ3n) is 3.13. The molecule has 0 spiro atoms. The molecule has 2 amide bonds. The van der Waals surface area contributed by atoms with E-state index in [4.69, 9.17) is 14.2 Å². The van der Waals surface area contributed by atoms with Crippen molar-refractivity contribution in [3.8, 4) is 0 Å². The lowest BCUT2D eigenvalue weighted by atomic mass is 10.1. The van der Waals surface area contributed by atoms with E-state index in [0.717, 1.165) is 0 Å². The van der Waals surface area contributed by atoms with E-state index < -0.39 is 31.0 Å². The summed E-state index contributed by atoms with van der Waals surface area (Å²) in [5.41, 5.74) is -0.974. The van der Waals surface area contributed by atoms with Crippen molar-refractivity contribution < 1.29 is 33.1 Å². The Morgan fingerprint density at radius 1 is 1.27 bits per heavy atom. The molecule has 1 heterocycles. The van der Waals surface area contributed by atoms with Crippen molar-refractivity contribution in [2.45, 2.75) is 20.3 Å². The van der Waals surface area contributed by atoms with Gasteiger partial charge in [-0.1, -0.05) is 0 Å². The molecule has 0 aliphatic carbocycles. The van der Waals surface area contributed by atoms with Gasteiger partial charge in [0.05, 0.1) is 25.7 Å². The highest BCUT2D eigenvalue weighted by Gasteiger charge is 2.35. The van der Waals surface area contributed by atoms with Crippen LogP contribution in [0.15, 0.2) is 0 Å². The Morgan fingerprint density at radius 2 is 1.86 bits per heavy atom. The van der Waals surface area contributed by atoms with Gasteiger partial charge in [-0.3, -0.25) is 14.4 Å². The van der Waals surface area contributed by atoms with Gasteiger partial charge in [0.2, 0.25) is 5.91 Å². The summed E-state index contributed by atoms with van der Waals surface area (Å²) in [6, 6.07) is 0. The van der Waals surface area contributed by atoms with Crippen molar-refractivity contribution in [2.24, 2.45) is 5.92 Å². The van der Waals surface area contributed by atoms with Crippen molar-refractivity contribution >= 4 is 25.1 Å². The normalized spacial score (nSPS) is 18.3. The highest BCUT2D eigenvalue weighted by atomic mass is 31.2. The highest BCUT2D eigenvalue weighted by Crippen LogP contribution is 2.48. The van der Waals surface area contributed by atoms with E-state index in [0.29, 0.717) is 13.0 Å². The SMILES string of the molecule is CCOP(=O)(OCC)C(=O)NCC(=O)N1CCC(C(=O)O)C1. The van der Waals surface area contributed by atoms with Gasteiger partial charge in [-0.15, -0.1) is 0 Å². The molecule has 9 nitrogen and oxygen atoms in total. The Bertz CT molecular complexity index is 472. The summed E-state index contributed by atoms with van der Waals surface area (Å²) in [6.07, 6.45) is 0.380. The minimum atomic E-state index is -3.94. The number of amides is 2. The lowest BCUT2D eigenvalue weighted by Gasteiger charge is -2.18. The third-order valence-corrected chi connectivity index (χ3v) is 4.98. The fraction of sp³-hybridized carbons (Fsp3) is 0.750. The van der Waals surface area contributed by atoms with Crippen LogP contribution >= 0.6 is 7.60 Å². The number of hydrogen-bond donors (Lipinski definition) is 2. The van der Waals surface area contributed by atoms with Crippen LogP contribution in [-0.4, -0.2) is 60.4 Å². The Balaban J connectivity index is 2.51. The second-order valence-corrected chi connectivity index (χ2v) is 6.57. The van der Waals surface area contributed by atoms with Crippen LogP contribution in [0.2, 0.25) is 0 Å². The van der Waals surface area contributed by atoms with E-state index in [-0.39, 0.29) is 26.3 Å². The fourth-order valence-corrected chi connectivity index (χ4v) is 3.30. The number of nitrogens with one attached hydrogen (secondary N) is 1. The lowest BCUT2D eigenvalue weighted by Crippen LogP contribution is -2.39. The number of aliphatic carboxylic acids is 1. The Kier molecular flexibility index (Phi) is 6.99. The molecule has 0 aromatic carbocycles. The molecule has 1 aliphatic heterocycles. The van der Waals surface area contributed by atoms with Crippen LogP contribution in [-0.2, 0) is 23.2 Å². The fourth-order valence-electron chi connectivity index (χ4n) is 2.04. The van der Waals surface area contributed by atoms with Gasteiger partial charge >= 0.3 is 19.2 Å². The van der Waals surface area contributed by atoms with E-state index >= 15 is 0 Å². The van der Waals surface area contributed by atoms with E-state index in [9.17, 15) is 18.9 Å². The molecule has 1 atom stereocenters. The quantitative estimate of drug-likeness (QED) is 0.631. The zero-order chi connectivity index (χ0) is 16.8. The van der Waals surface area contributed by atoms with Gasteiger partial charge in [0, 0.05) is 13.1 Å². The topological polar surface area (TPSA) is 122 Å². The summed E-state index contributed by atoms with van der Waals surface area (Å²) in [7, 11) is -3.94. The second-order valence-electron chi connectivity index (χ2n) is 4.66. The molecule has 1 fully saturated rings. The van der Waals surface area contributed by atoms with E-state index in [1.54, 1.807) is 13.8 Å². The molecule has 22 heavy (non-hydrogen) atoms. The van der Waals surface area contributed by atoms with Gasteiger partial charge in [-0.25, -0.2) is 4.57 Å². The van der Waals surface area contributed by atoms with Crippen molar-refractivity contribution in [2.75, 3.05) is 32.8 Å². The lowest BCUT2D eigenvalue weighted by molar-refractivity contribution is -0.141. The molecule has 0 saturated carbocycles. The Labute approximate surface area is 128 Å². The average Bonchev–Trinajstić information content (AvgIpc) is 2.95. The van der Waals surface area contributed by atoms with Crippen LogP contribution in [0.5, 0.6) is 0 Å². The van der Waals surface area contributed by atoms with Gasteiger partial charge in [0.15, 0.2) is 0 Å². The first-order valence-electron chi connectivity index (χ1n) is 7.02. The van der Waals surface area contributed by atoms with E-state index in [1.807, 2.05) is 0 Å². The van der Waals surface area contributed by atoms with Crippen LogP contribution < -0.4 is 5.32 Å². The zero-order valence-corrected chi connectivity index (χ0v) is 13.5. The maximum Gasteiger partial charge on any atom is 0.418 e. The highest BCUT2D eigenvalue weighted by molar-refractivity contribution is 7.71. The van der Waals surface area contributed by atoms with Crippen molar-refractivity contribution in [3.63, 3.8) is 0 Å². The molecular weight excluding hydrogens is 315 g/mol. The molecule has 126 valence electrons. The van der Waals surface area contributed by atoms with Crippen molar-refractivity contribution in [3.05, 3.63) is 0 Å². The van der Waals surface area contributed by atoms with Gasteiger partial charge < -0.3 is 24.4 Å². The molecule has 0 radical (unpaired) electrons. The average molecular weight is 336 g/mol. The zero-order valence-electron chi connectivity index (χ0n) is 12.6. The molecule has 0 aromatic rings. The predicted molar refractivity (Wildman–Crippen MR) is 76.6 cm³/mol. The summed E-state index contributed by atoms with van der Waals surface area (Å²) in [5.74, 6) is -1.97. The molecule has 1 rings (SSSR count). The van der Waals surface area contributed by atoms with Gasteiger partial charge in [0.1, 0.15) is 0 Å². The van der Waals surface area contributed by atoms with Crippen molar-refractivity contribution in [1.82, 2.24) is 10.2 Å². The first-order valence-corrected chi connectivity index (χ1v) is 8.56. The maximum atomic E-state index is 12.1. The minimum Gasteiger partial charge on any atom is -0.481 e. The summed E-state index contributed by atoms with van der Waals surface area (Å²) >= 11 is 0. The molecule has 2 N–H and O–H groups in total. The molecule has 0 bridgehead atoms. The largest absolute Gasteiger partial charge is 0.481 e. The predicted octanol–water partition coefficient (Wildman–Crippen LogP) is 0.895. The van der Waals surface area contributed by atoms with Crippen LogP contribution in [0, 0.1) is 5.92 Å². The summed E-state index contributed by atoms with van der Waals surface area (Å²) in [5, 5.41) is 11.1. The van der Waals surface area contributed by atoms with E-state index in [2.05, 4.69) is 5.32 Å². The number of carbonyl (C=O) groups is 3. The molecule has 10 heteroatoms. The third kappa shape index (κ3) is 4.79. The van der Waals surface area contributed by atoms with Gasteiger partial charge in [-0.2, -0.15) is 0 Å². The summed E-state index contributed by atoms with van der Waals surface area (Å²) < 4.78 is 21.8. The molecule has 1 aliphatic rings. The van der Waals surface area contributed by atoms with Gasteiger partial charge in [0.25, 0.3) is 0 Å². The molecular formula is C12H21N2O7P. The van der Waals surface area contributed by atoms with Gasteiger partial charge in [-0.05, 0) is 20.3 Å². The number of carboxylic acid groups (broad SMARTS) is 1. The molecule has 1 unspecified atom stereocenters. The number of nitrogens with zero attached hydrogens (tertiary/aromatic N) is 1. The molecule has 0 aromatic heterocycles. The van der Waals surface area contributed by atoms with E-state index in [1.165, 1.54) is 4.90 Å². The smallest absolute Gasteiger partial charge is 0.418 e. The number of carbonyl (C=O) groups excluding carboxylic acids is 2. The Hall–Kier alpha value is -1.44. The second kappa shape index (κ2) is 8.26. The van der Waals surface area contributed by atoms with Crippen LogP contribution in [0.4, 0.5) is 4.79 Å². The van der Waals surface area contributed by atoms with Crippen LogP contribution in [0.3, 0.4) is 0 Å². The minimum absolute atomic E-state index is 0.0328. The number of likely N-dealkylation sites (tertiary alicyclic amines) is 1. The van der Waals surface area contributed by atoms with Crippen LogP contribution in [0.25, 0.3) is 0 Å². The molecule has 1 saturated heterocycles.